The van der Waals surface area contributed by atoms with Crippen LogP contribution in [0.2, 0.25) is 0 Å². The van der Waals surface area contributed by atoms with Gasteiger partial charge in [-0.1, -0.05) is 5.16 Å². The molecule has 0 aliphatic carbocycles. The summed E-state index contributed by atoms with van der Waals surface area (Å²) in [6, 6.07) is 1.12. The summed E-state index contributed by atoms with van der Waals surface area (Å²) in [6.07, 6.45) is 2.89. The van der Waals surface area contributed by atoms with Crippen LogP contribution in [0.3, 0.4) is 0 Å². The van der Waals surface area contributed by atoms with Crippen molar-refractivity contribution in [3.05, 3.63) is 29.8 Å². The van der Waals surface area contributed by atoms with E-state index < -0.39 is 12.0 Å². The SMILES string of the molecule is CCOC(=O)c1cn(C)nc1NC(=O)NCc1ccon1. The van der Waals surface area contributed by atoms with Crippen LogP contribution in [-0.4, -0.2) is 33.5 Å². The Morgan fingerprint density at radius 3 is 2.95 bits per heavy atom. The second-order valence-corrected chi connectivity index (χ2v) is 4.08. The van der Waals surface area contributed by atoms with Gasteiger partial charge >= 0.3 is 12.0 Å². The van der Waals surface area contributed by atoms with Crippen LogP contribution in [0.5, 0.6) is 0 Å². The van der Waals surface area contributed by atoms with E-state index in [1.165, 1.54) is 17.1 Å². The number of carbonyl (C=O) groups excluding carboxylic acids is 2. The van der Waals surface area contributed by atoms with Crippen molar-refractivity contribution in [2.45, 2.75) is 13.5 Å². The monoisotopic (exact) mass is 293 g/mol. The topological polar surface area (TPSA) is 111 Å². The second-order valence-electron chi connectivity index (χ2n) is 4.08. The predicted molar refractivity (Wildman–Crippen MR) is 71.5 cm³/mol. The number of anilines is 1. The van der Waals surface area contributed by atoms with Crippen molar-refractivity contribution in [1.82, 2.24) is 20.3 Å². The van der Waals surface area contributed by atoms with Gasteiger partial charge < -0.3 is 14.6 Å². The molecular weight excluding hydrogens is 278 g/mol. The number of aromatic nitrogens is 3. The summed E-state index contributed by atoms with van der Waals surface area (Å²) in [5.74, 6) is -0.411. The fourth-order valence-electron chi connectivity index (χ4n) is 1.59. The summed E-state index contributed by atoms with van der Waals surface area (Å²) >= 11 is 0. The van der Waals surface area contributed by atoms with E-state index in [0.29, 0.717) is 5.69 Å². The lowest BCUT2D eigenvalue weighted by molar-refractivity contribution is 0.0527. The highest BCUT2D eigenvalue weighted by Gasteiger charge is 2.18. The summed E-state index contributed by atoms with van der Waals surface area (Å²) in [4.78, 5) is 23.5. The summed E-state index contributed by atoms with van der Waals surface area (Å²) in [5, 5.41) is 12.7. The van der Waals surface area contributed by atoms with Crippen molar-refractivity contribution in [1.29, 1.82) is 0 Å². The van der Waals surface area contributed by atoms with Crippen molar-refractivity contribution in [2.24, 2.45) is 7.05 Å². The number of hydrogen-bond acceptors (Lipinski definition) is 6. The predicted octanol–water partition coefficient (Wildman–Crippen LogP) is 0.906. The molecule has 0 unspecified atom stereocenters. The molecule has 0 fully saturated rings. The van der Waals surface area contributed by atoms with Gasteiger partial charge in [0, 0.05) is 19.3 Å². The Kier molecular flexibility index (Phi) is 4.54. The maximum absolute atomic E-state index is 11.8. The van der Waals surface area contributed by atoms with Gasteiger partial charge in [0.25, 0.3) is 0 Å². The largest absolute Gasteiger partial charge is 0.462 e. The molecular formula is C12H15N5O4. The molecule has 2 N–H and O–H groups in total. The number of hydrogen-bond donors (Lipinski definition) is 2. The molecule has 0 radical (unpaired) electrons. The van der Waals surface area contributed by atoms with Crippen molar-refractivity contribution >= 4 is 17.8 Å². The van der Waals surface area contributed by atoms with Crippen molar-refractivity contribution in [3.63, 3.8) is 0 Å². The minimum absolute atomic E-state index is 0.133. The molecule has 2 rings (SSSR count). The number of ether oxygens (including phenoxy) is 1. The summed E-state index contributed by atoms with van der Waals surface area (Å²) in [5.41, 5.74) is 0.771. The van der Waals surface area contributed by atoms with E-state index in [4.69, 9.17) is 4.74 Å². The normalized spacial score (nSPS) is 10.2. The zero-order chi connectivity index (χ0) is 15.2. The Morgan fingerprint density at radius 2 is 2.29 bits per heavy atom. The van der Waals surface area contributed by atoms with Crippen LogP contribution in [-0.2, 0) is 18.3 Å². The van der Waals surface area contributed by atoms with Crippen LogP contribution < -0.4 is 10.6 Å². The highest BCUT2D eigenvalue weighted by atomic mass is 16.5. The minimum atomic E-state index is -0.544. The molecule has 0 spiro atoms. The molecule has 0 saturated carbocycles. The summed E-state index contributed by atoms with van der Waals surface area (Å²) in [6.45, 7) is 2.14. The molecule has 0 atom stereocenters. The quantitative estimate of drug-likeness (QED) is 0.792. The van der Waals surface area contributed by atoms with E-state index in [-0.39, 0.29) is 24.5 Å². The number of nitrogens with one attached hydrogen (secondary N) is 2. The third kappa shape index (κ3) is 3.81. The number of nitrogens with zero attached hydrogens (tertiary/aromatic N) is 3. The molecule has 0 aromatic carbocycles. The summed E-state index contributed by atoms with van der Waals surface area (Å²) in [7, 11) is 1.64. The molecule has 2 amide bonds. The van der Waals surface area contributed by atoms with E-state index >= 15 is 0 Å². The number of esters is 1. The van der Waals surface area contributed by atoms with Crippen molar-refractivity contribution in [2.75, 3.05) is 11.9 Å². The lowest BCUT2D eigenvalue weighted by Crippen LogP contribution is -2.29. The van der Waals surface area contributed by atoms with E-state index in [2.05, 4.69) is 25.4 Å². The smallest absolute Gasteiger partial charge is 0.343 e. The molecule has 9 nitrogen and oxygen atoms in total. The molecule has 2 aromatic rings. The molecule has 0 aliphatic rings. The standard InChI is InChI=1S/C12H15N5O4/c1-3-20-11(18)9-7-17(2)15-10(9)14-12(19)13-6-8-4-5-21-16-8/h4-5,7H,3,6H2,1-2H3,(H2,13,14,15,19). The Labute approximate surface area is 120 Å². The fraction of sp³-hybridized carbons (Fsp3) is 0.333. The molecule has 0 saturated heterocycles. The van der Waals surface area contributed by atoms with Crippen LogP contribution in [0.25, 0.3) is 0 Å². The van der Waals surface area contributed by atoms with Crippen LogP contribution in [0.1, 0.15) is 23.0 Å². The van der Waals surface area contributed by atoms with Gasteiger partial charge in [0.1, 0.15) is 17.5 Å². The number of urea groups is 1. The van der Waals surface area contributed by atoms with Crippen molar-refractivity contribution in [3.8, 4) is 0 Å². The lowest BCUT2D eigenvalue weighted by atomic mass is 10.3. The van der Waals surface area contributed by atoms with Crippen LogP contribution in [0.15, 0.2) is 23.0 Å². The van der Waals surface area contributed by atoms with Crippen molar-refractivity contribution < 1.29 is 18.8 Å². The van der Waals surface area contributed by atoms with Crippen LogP contribution in [0.4, 0.5) is 10.6 Å². The highest BCUT2D eigenvalue weighted by Crippen LogP contribution is 2.13. The molecule has 2 heterocycles. The van der Waals surface area contributed by atoms with Gasteiger partial charge in [-0.25, -0.2) is 9.59 Å². The highest BCUT2D eigenvalue weighted by molar-refractivity contribution is 5.99. The lowest BCUT2D eigenvalue weighted by Gasteiger charge is -2.05. The van der Waals surface area contributed by atoms with Crippen LogP contribution in [0, 0.1) is 0 Å². The van der Waals surface area contributed by atoms with Crippen LogP contribution >= 0.6 is 0 Å². The maximum atomic E-state index is 11.8. The van der Waals surface area contributed by atoms with Gasteiger partial charge in [0.05, 0.1) is 13.2 Å². The number of rotatable bonds is 5. The minimum Gasteiger partial charge on any atom is -0.462 e. The molecule has 2 aromatic heterocycles. The van der Waals surface area contributed by atoms with Gasteiger partial charge in [-0.05, 0) is 6.92 Å². The molecule has 0 aliphatic heterocycles. The Hall–Kier alpha value is -2.84. The Balaban J connectivity index is 1.98. The first-order chi connectivity index (χ1) is 10.1. The molecule has 9 heteroatoms. The van der Waals surface area contributed by atoms with E-state index in [0.717, 1.165) is 0 Å². The van der Waals surface area contributed by atoms with E-state index in [9.17, 15) is 9.59 Å². The Bertz CT molecular complexity index is 620. The Morgan fingerprint density at radius 1 is 1.48 bits per heavy atom. The molecule has 21 heavy (non-hydrogen) atoms. The molecule has 112 valence electrons. The van der Waals surface area contributed by atoms with E-state index in [1.807, 2.05) is 0 Å². The first-order valence-electron chi connectivity index (χ1n) is 6.25. The van der Waals surface area contributed by atoms with Gasteiger partial charge in [0.15, 0.2) is 5.82 Å². The number of amides is 2. The van der Waals surface area contributed by atoms with Gasteiger partial charge in [-0.15, -0.1) is 0 Å². The zero-order valence-corrected chi connectivity index (χ0v) is 11.6. The average Bonchev–Trinajstić information content (AvgIpc) is 3.06. The number of aryl methyl sites for hydroxylation is 1. The second kappa shape index (κ2) is 6.55. The van der Waals surface area contributed by atoms with E-state index in [1.54, 1.807) is 20.0 Å². The zero-order valence-electron chi connectivity index (χ0n) is 11.6. The number of carbonyl (C=O) groups is 2. The average molecular weight is 293 g/mol. The first kappa shape index (κ1) is 14.6. The molecule has 0 bridgehead atoms. The van der Waals surface area contributed by atoms with Gasteiger partial charge in [0.2, 0.25) is 0 Å². The van der Waals surface area contributed by atoms with Gasteiger partial charge in [-0.2, -0.15) is 5.10 Å². The summed E-state index contributed by atoms with van der Waals surface area (Å²) < 4.78 is 11.0. The third-order valence-corrected chi connectivity index (χ3v) is 2.48. The maximum Gasteiger partial charge on any atom is 0.343 e. The fourth-order valence-corrected chi connectivity index (χ4v) is 1.59. The van der Waals surface area contributed by atoms with Gasteiger partial charge in [-0.3, -0.25) is 10.00 Å². The third-order valence-electron chi connectivity index (χ3n) is 2.48. The first-order valence-corrected chi connectivity index (χ1v) is 6.25.